The second-order valence-electron chi connectivity index (χ2n) is 8.71. The summed E-state index contributed by atoms with van der Waals surface area (Å²) in [6.45, 7) is 1.05. The number of hydrogen-bond acceptors (Lipinski definition) is 9. The van der Waals surface area contributed by atoms with Crippen LogP contribution in [0, 0.1) is 10.1 Å². The first-order chi connectivity index (χ1) is 18.2. The van der Waals surface area contributed by atoms with Crippen LogP contribution in [0.3, 0.4) is 0 Å². The van der Waals surface area contributed by atoms with Crippen LogP contribution < -0.4 is 20.5 Å². The predicted octanol–water partition coefficient (Wildman–Crippen LogP) is 4.40. The van der Waals surface area contributed by atoms with Gasteiger partial charge in [0.25, 0.3) is 10.0 Å². The number of benzene rings is 2. The number of nitrogens with one attached hydrogen (secondary N) is 2. The highest BCUT2D eigenvalue weighted by Gasteiger charge is 2.36. The highest BCUT2D eigenvalue weighted by atomic mass is 32.2. The summed E-state index contributed by atoms with van der Waals surface area (Å²) in [6.07, 6.45) is -4.74. The molecule has 1 atom stereocenters. The van der Waals surface area contributed by atoms with E-state index >= 15 is 0 Å². The maximum atomic E-state index is 13.6. The fraction of sp³-hybridized carbons (Fsp3) is 0.261. The fourth-order valence-corrected chi connectivity index (χ4v) is 6.26. The van der Waals surface area contributed by atoms with Crippen LogP contribution >= 0.6 is 11.3 Å². The fourth-order valence-electron chi connectivity index (χ4n) is 3.86. The smallest absolute Gasteiger partial charge is 0.419 e. The van der Waals surface area contributed by atoms with Crippen molar-refractivity contribution in [2.45, 2.75) is 22.9 Å². The molecule has 1 aliphatic rings. The van der Waals surface area contributed by atoms with Crippen LogP contribution in [0.2, 0.25) is 0 Å². The van der Waals surface area contributed by atoms with Gasteiger partial charge in [0.15, 0.2) is 5.00 Å². The summed E-state index contributed by atoms with van der Waals surface area (Å²) in [5.74, 6) is -1.20. The van der Waals surface area contributed by atoms with Crippen molar-refractivity contribution in [3.8, 4) is 5.75 Å². The number of thiophene rings is 1. The topological polar surface area (TPSA) is 157 Å². The molecule has 4 rings (SSSR count). The second kappa shape index (κ2) is 10.7. The summed E-state index contributed by atoms with van der Waals surface area (Å²) in [7, 11) is -2.64. The van der Waals surface area contributed by atoms with E-state index in [0.717, 1.165) is 18.2 Å². The van der Waals surface area contributed by atoms with Crippen molar-refractivity contribution in [1.29, 1.82) is 0 Å². The third-order valence-electron chi connectivity index (χ3n) is 5.76. The van der Waals surface area contributed by atoms with Gasteiger partial charge in [0.2, 0.25) is 5.91 Å². The third-order valence-corrected chi connectivity index (χ3v) is 8.65. The van der Waals surface area contributed by atoms with Gasteiger partial charge >= 0.3 is 11.9 Å². The Labute approximate surface area is 224 Å². The molecule has 1 fully saturated rings. The number of carbonyl (C=O) groups excluding carboxylic acids is 1. The average Bonchev–Trinajstić information content (AvgIpc) is 3.45. The van der Waals surface area contributed by atoms with Gasteiger partial charge in [-0.15, -0.1) is 0 Å². The van der Waals surface area contributed by atoms with Crippen molar-refractivity contribution in [2.75, 3.05) is 30.2 Å². The van der Waals surface area contributed by atoms with Crippen LogP contribution in [0.4, 0.5) is 35.2 Å². The molecule has 0 spiro atoms. The molecular weight excluding hydrogens is 563 g/mol. The maximum Gasteiger partial charge on any atom is 0.419 e. The van der Waals surface area contributed by atoms with Crippen molar-refractivity contribution in [1.82, 2.24) is 4.90 Å². The minimum atomic E-state index is -4.73. The summed E-state index contributed by atoms with van der Waals surface area (Å²) >= 11 is 0.546. The number of carbonyl (C=O) groups is 1. The summed E-state index contributed by atoms with van der Waals surface area (Å²) in [5, 5.41) is 14.2. The first-order valence-electron chi connectivity index (χ1n) is 11.3. The van der Waals surface area contributed by atoms with Gasteiger partial charge in [-0.2, -0.15) is 13.2 Å². The van der Waals surface area contributed by atoms with Gasteiger partial charge in [0.1, 0.15) is 16.1 Å². The van der Waals surface area contributed by atoms with Gasteiger partial charge in [-0.1, -0.05) is 11.3 Å². The van der Waals surface area contributed by atoms with Crippen LogP contribution in [-0.4, -0.2) is 50.4 Å². The van der Waals surface area contributed by atoms with Gasteiger partial charge in [-0.05, 0) is 49.9 Å². The van der Waals surface area contributed by atoms with E-state index in [1.54, 1.807) is 7.05 Å². The predicted molar refractivity (Wildman–Crippen MR) is 138 cm³/mol. The second-order valence-corrected chi connectivity index (χ2v) is 11.7. The lowest BCUT2D eigenvalue weighted by molar-refractivity contribution is -0.383. The number of alkyl halides is 3. The Bertz CT molecular complexity index is 1510. The van der Waals surface area contributed by atoms with Gasteiger partial charge in [-0.25, -0.2) is 8.42 Å². The molecular formula is C23H22F3N5O6S2. The number of anilines is 3. The quantitative estimate of drug-likeness (QED) is 0.246. The zero-order valence-corrected chi connectivity index (χ0v) is 21.8. The van der Waals surface area contributed by atoms with Crippen molar-refractivity contribution in [2.24, 2.45) is 5.73 Å². The lowest BCUT2D eigenvalue weighted by atomic mass is 10.1. The number of hydrogen-bond donors (Lipinski definition) is 3. The lowest BCUT2D eigenvalue weighted by Crippen LogP contribution is -2.23. The number of nitro groups is 1. The SMILES string of the molecule is CN1CC[C@@H](Oc2cc(NS(=O)(=O)c3cc([N+](=O)[O-])c(Nc4ccc(C(N)=O)cc4)s3)ccc2C(F)(F)F)C1. The Hall–Kier alpha value is -3.89. The molecule has 208 valence electrons. The third kappa shape index (κ3) is 6.58. The Balaban J connectivity index is 1.61. The van der Waals surface area contributed by atoms with E-state index in [0.29, 0.717) is 42.6 Å². The molecule has 39 heavy (non-hydrogen) atoms. The number of amides is 1. The van der Waals surface area contributed by atoms with E-state index < -0.39 is 54.3 Å². The average molecular weight is 586 g/mol. The number of likely N-dealkylation sites (N-methyl/N-ethyl adjacent to an activating group) is 1. The summed E-state index contributed by atoms with van der Waals surface area (Å²) in [5.41, 5.74) is 3.91. The van der Waals surface area contributed by atoms with Crippen molar-refractivity contribution >= 4 is 49.3 Å². The molecule has 0 radical (unpaired) electrons. The molecule has 11 nitrogen and oxygen atoms in total. The molecule has 2 heterocycles. The zero-order valence-electron chi connectivity index (χ0n) is 20.2. The summed E-state index contributed by atoms with van der Waals surface area (Å²) < 4.78 is 74.2. The number of likely N-dealkylation sites (tertiary alicyclic amines) is 1. The molecule has 0 aliphatic carbocycles. The first-order valence-corrected chi connectivity index (χ1v) is 13.6. The molecule has 0 saturated carbocycles. The van der Waals surface area contributed by atoms with Crippen LogP contribution in [0.5, 0.6) is 5.75 Å². The molecule has 1 amide bonds. The minimum Gasteiger partial charge on any atom is -0.488 e. The normalized spacial score (nSPS) is 16.2. The van der Waals surface area contributed by atoms with Gasteiger partial charge in [-0.3, -0.25) is 19.6 Å². The number of nitrogens with zero attached hydrogens (tertiary/aromatic N) is 2. The highest BCUT2D eigenvalue weighted by Crippen LogP contribution is 2.41. The van der Waals surface area contributed by atoms with Crippen molar-refractivity contribution < 1.29 is 36.0 Å². The van der Waals surface area contributed by atoms with Gasteiger partial charge in [0.05, 0.1) is 16.2 Å². The Morgan fingerprint density at radius 3 is 2.41 bits per heavy atom. The van der Waals surface area contributed by atoms with E-state index in [1.807, 2.05) is 4.90 Å². The number of sulfonamides is 1. The van der Waals surface area contributed by atoms with Crippen LogP contribution in [-0.2, 0) is 16.2 Å². The molecule has 0 unspecified atom stereocenters. The Kier molecular flexibility index (Phi) is 7.72. The molecule has 2 aromatic carbocycles. The molecule has 1 saturated heterocycles. The van der Waals surface area contributed by atoms with Crippen LogP contribution in [0.25, 0.3) is 0 Å². The first kappa shape index (κ1) is 28.1. The van der Waals surface area contributed by atoms with E-state index in [9.17, 15) is 36.5 Å². The number of rotatable bonds is 9. The molecule has 16 heteroatoms. The van der Waals surface area contributed by atoms with E-state index in [4.69, 9.17) is 10.5 Å². The number of ether oxygens (including phenoxy) is 1. The molecule has 1 aliphatic heterocycles. The molecule has 3 aromatic rings. The van der Waals surface area contributed by atoms with Crippen molar-refractivity contribution in [3.63, 3.8) is 0 Å². The standard InChI is InChI=1S/C23H22F3N5O6S2/c1-30-9-8-16(12-30)37-19-10-15(6-7-17(19)23(24,25)26)29-39(35,36)20-11-18(31(33)34)22(38-20)28-14-4-2-13(3-5-14)21(27)32/h2-7,10-11,16,28-29H,8-9,12H2,1H3,(H2,27,32)/t16-/m1/s1. The maximum absolute atomic E-state index is 13.6. The van der Waals surface area contributed by atoms with Crippen LogP contribution in [0.15, 0.2) is 52.7 Å². The summed E-state index contributed by atoms with van der Waals surface area (Å²) in [4.78, 5) is 23.9. The highest BCUT2D eigenvalue weighted by molar-refractivity contribution is 7.94. The number of primary amides is 1. The minimum absolute atomic E-state index is 0.117. The van der Waals surface area contributed by atoms with E-state index in [1.165, 1.54) is 24.3 Å². The van der Waals surface area contributed by atoms with E-state index in [-0.39, 0.29) is 16.3 Å². The molecule has 1 aromatic heterocycles. The Morgan fingerprint density at radius 1 is 1.18 bits per heavy atom. The van der Waals surface area contributed by atoms with Crippen LogP contribution in [0.1, 0.15) is 22.3 Å². The Morgan fingerprint density at radius 2 is 1.85 bits per heavy atom. The monoisotopic (exact) mass is 585 g/mol. The van der Waals surface area contributed by atoms with Gasteiger partial charge < -0.3 is 20.7 Å². The number of nitrogens with two attached hydrogens (primary N) is 1. The number of halogens is 3. The largest absolute Gasteiger partial charge is 0.488 e. The zero-order chi connectivity index (χ0) is 28.5. The molecule has 0 bridgehead atoms. The van der Waals surface area contributed by atoms with Gasteiger partial charge in [0, 0.05) is 36.5 Å². The van der Waals surface area contributed by atoms with Crippen molar-refractivity contribution in [3.05, 3.63) is 69.8 Å². The van der Waals surface area contributed by atoms with E-state index in [2.05, 4.69) is 10.0 Å². The molecule has 4 N–H and O–H groups in total. The summed E-state index contributed by atoms with van der Waals surface area (Å²) in [6, 6.07) is 9.07. The lowest BCUT2D eigenvalue weighted by Gasteiger charge is -2.19.